The maximum Gasteiger partial charge on any atom is 0.162 e. The average molecular weight is 1150 g/mol. The van der Waals surface area contributed by atoms with Crippen molar-refractivity contribution < 1.29 is 35.8 Å². The number of ether oxygens (including phenoxy) is 2. The first-order valence-electron chi connectivity index (χ1n) is 27.8. The third-order valence-corrected chi connectivity index (χ3v) is 19.1. The van der Waals surface area contributed by atoms with Crippen LogP contribution >= 0.6 is 0 Å². The minimum Gasteiger partial charge on any atom is -0.359 e. The molecule has 1 N–H and O–H groups in total. The Bertz CT molecular complexity index is 3510. The summed E-state index contributed by atoms with van der Waals surface area (Å²) in [6.07, 6.45) is 8.85. The topological polar surface area (TPSA) is 137 Å². The summed E-state index contributed by atoms with van der Waals surface area (Å²) in [6.45, 7) is 19.0. The van der Waals surface area contributed by atoms with Gasteiger partial charge in [0.2, 0.25) is 0 Å². The molecule has 430 valence electrons. The van der Waals surface area contributed by atoms with E-state index < -0.39 is 63.8 Å². The van der Waals surface area contributed by atoms with Gasteiger partial charge in [-0.3, -0.25) is 9.36 Å². The zero-order valence-corrected chi connectivity index (χ0v) is 48.8. The Morgan fingerprint density at radius 1 is 0.568 bits per heavy atom. The number of aromatic nitrogens is 10. The Morgan fingerprint density at radius 3 is 1.42 bits per heavy atom. The summed E-state index contributed by atoms with van der Waals surface area (Å²) >= 11 is 0. The smallest absolute Gasteiger partial charge is 0.162 e. The maximum atomic E-state index is 14.9. The van der Waals surface area contributed by atoms with Gasteiger partial charge >= 0.3 is 0 Å². The van der Waals surface area contributed by atoms with Gasteiger partial charge in [0, 0.05) is 127 Å². The van der Waals surface area contributed by atoms with Crippen molar-refractivity contribution in [2.24, 2.45) is 0 Å². The number of likely N-dealkylation sites (tertiary alicyclic amines) is 1. The van der Waals surface area contributed by atoms with E-state index in [1.807, 2.05) is 46.3 Å². The number of anilines is 2. The molecule has 16 nitrogen and oxygen atoms in total. The van der Waals surface area contributed by atoms with Crippen LogP contribution in [0, 0.1) is 23.3 Å². The van der Waals surface area contributed by atoms with Crippen molar-refractivity contribution in [1.82, 2.24) is 59.3 Å². The molecule has 0 spiro atoms. The summed E-state index contributed by atoms with van der Waals surface area (Å²) in [6, 6.07) is 11.8. The molecule has 12 rings (SSSR count). The van der Waals surface area contributed by atoms with E-state index in [0.29, 0.717) is 59.0 Å². The van der Waals surface area contributed by atoms with Crippen LogP contribution < -0.4 is 15.1 Å². The number of halogens is 6. The molecular weight excluding hydrogens is 1080 g/mol. The molecular formula is C57H70F6N14O2Si2. The van der Waals surface area contributed by atoms with Gasteiger partial charge in [0.15, 0.2) is 22.9 Å². The predicted octanol–water partition coefficient (Wildman–Crippen LogP) is 11.0. The lowest BCUT2D eigenvalue weighted by atomic mass is 10.0. The molecule has 4 aliphatic heterocycles. The lowest BCUT2D eigenvalue weighted by Gasteiger charge is -2.36. The summed E-state index contributed by atoms with van der Waals surface area (Å²) < 4.78 is 107. The number of likely N-dealkylation sites (N-methyl/N-ethyl adjacent to an activating group) is 1. The molecule has 24 heteroatoms. The van der Waals surface area contributed by atoms with Gasteiger partial charge in [-0.2, -0.15) is 20.4 Å². The van der Waals surface area contributed by atoms with Crippen LogP contribution in [0.3, 0.4) is 0 Å². The van der Waals surface area contributed by atoms with E-state index in [-0.39, 0.29) is 50.5 Å². The number of nitrogens with zero attached hydrogens (tertiary/aromatic N) is 13. The van der Waals surface area contributed by atoms with Gasteiger partial charge < -0.3 is 29.5 Å². The summed E-state index contributed by atoms with van der Waals surface area (Å²) in [5.74, 6) is -1.31. The van der Waals surface area contributed by atoms with E-state index in [0.717, 1.165) is 96.9 Å². The number of fused-ring (bicyclic) bond motifs is 2. The SMILES string of the molecule is CN1CC(n2cc(-c3cnc4c(c3)c(N3C[C@@H](F)C[C@@H]3c3cc(F)ccc3F)nn4COCC[Si](C)(C)C)cn2)C1.C[Si](C)(C)CCOCn1nc(N2C[C@@H](F)C[C@@H]2c2cc(F)ccc2F)c2cc(-c3cnn(C4CNC4)c3)cnc21. The predicted molar refractivity (Wildman–Crippen MR) is 306 cm³/mol. The molecule has 4 saturated heterocycles. The second kappa shape index (κ2) is 23.1. The molecule has 0 bridgehead atoms. The van der Waals surface area contributed by atoms with Crippen LogP contribution in [0.4, 0.5) is 38.0 Å². The molecule has 2 aromatic carbocycles. The van der Waals surface area contributed by atoms with Crippen LogP contribution in [0.5, 0.6) is 0 Å². The fourth-order valence-electron chi connectivity index (χ4n) is 10.9. The third kappa shape index (κ3) is 12.5. The molecule has 0 saturated carbocycles. The number of pyridine rings is 2. The van der Waals surface area contributed by atoms with Crippen molar-refractivity contribution >= 4 is 49.9 Å². The third-order valence-electron chi connectivity index (χ3n) is 15.7. The Labute approximate surface area is 469 Å². The van der Waals surface area contributed by atoms with E-state index in [1.54, 1.807) is 31.6 Å². The minimum absolute atomic E-state index is 0.0139. The summed E-state index contributed by atoms with van der Waals surface area (Å²) in [7, 11) is -0.478. The van der Waals surface area contributed by atoms with Crippen LogP contribution in [0.15, 0.2) is 85.7 Å². The van der Waals surface area contributed by atoms with Crippen molar-refractivity contribution in [3.8, 4) is 22.3 Å². The average Bonchev–Trinajstić information content (AvgIpc) is 4.46. The zero-order chi connectivity index (χ0) is 56.9. The van der Waals surface area contributed by atoms with Crippen molar-refractivity contribution in [2.45, 2.75) is 114 Å². The number of hydrogen-bond acceptors (Lipinski definition) is 12. The highest BCUT2D eigenvalue weighted by molar-refractivity contribution is 6.76. The van der Waals surface area contributed by atoms with E-state index in [2.05, 4.69) is 66.7 Å². The second-order valence-electron chi connectivity index (χ2n) is 24.5. The minimum atomic E-state index is -1.28. The number of hydrogen-bond donors (Lipinski definition) is 1. The number of benzene rings is 2. The van der Waals surface area contributed by atoms with Gasteiger partial charge in [-0.05, 0) is 67.7 Å². The molecule has 81 heavy (non-hydrogen) atoms. The molecule has 0 aliphatic carbocycles. The molecule has 4 aliphatic rings. The number of alkyl halides is 2. The van der Waals surface area contributed by atoms with E-state index in [1.165, 1.54) is 0 Å². The van der Waals surface area contributed by atoms with Gasteiger partial charge in [-0.15, -0.1) is 0 Å². The highest BCUT2D eigenvalue weighted by atomic mass is 28.3. The molecule has 6 aromatic heterocycles. The van der Waals surface area contributed by atoms with Crippen LogP contribution in [0.2, 0.25) is 51.4 Å². The molecule has 8 aromatic rings. The van der Waals surface area contributed by atoms with E-state index in [9.17, 15) is 26.3 Å². The summed E-state index contributed by atoms with van der Waals surface area (Å²) in [5, 5.41) is 23.4. The summed E-state index contributed by atoms with van der Waals surface area (Å²) in [5.41, 5.74) is 4.93. The van der Waals surface area contributed by atoms with Gasteiger partial charge in [0.05, 0.1) is 60.4 Å². The van der Waals surface area contributed by atoms with Gasteiger partial charge in [-0.1, -0.05) is 39.3 Å². The normalized spacial score (nSPS) is 20.2. The summed E-state index contributed by atoms with van der Waals surface area (Å²) in [4.78, 5) is 15.2. The highest BCUT2D eigenvalue weighted by Crippen LogP contribution is 2.44. The Balaban J connectivity index is 0.000000170. The first-order valence-corrected chi connectivity index (χ1v) is 35.2. The Kier molecular flexibility index (Phi) is 16.1. The largest absolute Gasteiger partial charge is 0.359 e. The van der Waals surface area contributed by atoms with Gasteiger partial charge in [0.25, 0.3) is 0 Å². The molecule has 4 fully saturated rings. The monoisotopic (exact) mass is 1150 g/mol. The fourth-order valence-corrected chi connectivity index (χ4v) is 12.4. The lowest BCUT2D eigenvalue weighted by Crippen LogP contribution is -2.45. The lowest BCUT2D eigenvalue weighted by molar-refractivity contribution is 0.0813. The highest BCUT2D eigenvalue weighted by Gasteiger charge is 2.40. The van der Waals surface area contributed by atoms with E-state index in [4.69, 9.17) is 29.6 Å². The van der Waals surface area contributed by atoms with E-state index >= 15 is 0 Å². The Hall–Kier alpha value is -6.45. The van der Waals surface area contributed by atoms with Crippen molar-refractivity contribution in [3.63, 3.8) is 0 Å². The van der Waals surface area contributed by atoms with Crippen molar-refractivity contribution in [3.05, 3.63) is 120 Å². The van der Waals surface area contributed by atoms with Crippen LogP contribution in [-0.2, 0) is 22.9 Å². The molecule has 10 heterocycles. The molecule has 4 atom stereocenters. The number of nitrogens with one attached hydrogen (secondary N) is 1. The molecule has 0 unspecified atom stereocenters. The fraction of sp³-hybridized carbons (Fsp3) is 0.474. The van der Waals surface area contributed by atoms with Crippen LogP contribution in [-0.4, -0.2) is 142 Å². The second-order valence-corrected chi connectivity index (χ2v) is 35.7. The van der Waals surface area contributed by atoms with Gasteiger partial charge in [-0.25, -0.2) is 45.7 Å². The standard InChI is InChI=1S/C29H36F3N7OSi.C28H34F3N7OSi/c1-36-16-23(17-36)38-14-20(13-34-38)19-9-25-28(33-12-19)39(18-40-7-8-41(2,3)4)35-29(25)37-15-22(31)11-27(37)24-10-21(30)5-6-26(24)32;1-40(2,3)7-6-39-17-38-27-24(8-18(11-33-27)19-12-34-37(15-19)22-13-32-14-22)28(35-38)36-16-21(30)10-26(36)23-9-20(29)4-5-25(23)31/h5-6,9-10,12-14,22-23,27H,7-8,11,15-18H2,1-4H3;4-5,8-9,11-12,15,21-22,26,32H,6-7,10,13-14,16-17H2,1-3H3/t22-,27+;21-,26+/m00/s1. The Morgan fingerprint density at radius 2 is 1.01 bits per heavy atom. The first kappa shape index (κ1) is 56.4. The van der Waals surface area contributed by atoms with Crippen molar-refractivity contribution in [1.29, 1.82) is 0 Å². The van der Waals surface area contributed by atoms with Crippen LogP contribution in [0.25, 0.3) is 44.3 Å². The first-order chi connectivity index (χ1) is 38.7. The maximum absolute atomic E-state index is 14.9. The molecule has 0 radical (unpaired) electrons. The van der Waals surface area contributed by atoms with Gasteiger partial charge in [0.1, 0.15) is 49.1 Å². The zero-order valence-electron chi connectivity index (χ0n) is 46.8. The van der Waals surface area contributed by atoms with Crippen LogP contribution in [0.1, 0.15) is 48.1 Å². The molecule has 0 amide bonds. The van der Waals surface area contributed by atoms with Crippen molar-refractivity contribution in [2.75, 3.05) is 69.3 Å². The quantitative estimate of drug-likeness (QED) is 0.0497. The number of rotatable bonds is 18.